The fraction of sp³-hybridized carbons (Fsp3) is 0.500. The maximum Gasteiger partial charge on any atom is 0.412 e. The van der Waals surface area contributed by atoms with E-state index in [1.165, 1.54) is 11.9 Å². The number of aliphatic hydroxyl groups excluding tert-OH is 1. The molecule has 1 saturated heterocycles. The lowest BCUT2D eigenvalue weighted by molar-refractivity contribution is -0.124. The van der Waals surface area contributed by atoms with E-state index in [1.807, 2.05) is 0 Å². The minimum absolute atomic E-state index is 0.0826. The molecular weight excluding hydrogens is 374 g/mol. The number of nitrogens with one attached hydrogen (secondary N) is 2. The predicted molar refractivity (Wildman–Crippen MR) is 102 cm³/mol. The highest BCUT2D eigenvalue weighted by atomic mass is 35.5. The van der Waals surface area contributed by atoms with Crippen LogP contribution in [-0.4, -0.2) is 48.3 Å². The molecule has 0 bridgehead atoms. The van der Waals surface area contributed by atoms with Crippen molar-refractivity contribution in [3.8, 4) is 0 Å². The lowest BCUT2D eigenvalue weighted by atomic mass is 10.0. The first-order valence-electron chi connectivity index (χ1n) is 8.50. The fourth-order valence-electron chi connectivity index (χ4n) is 2.79. The number of amides is 3. The third kappa shape index (κ3) is 5.11. The van der Waals surface area contributed by atoms with Gasteiger partial charge in [0.2, 0.25) is 11.8 Å². The van der Waals surface area contributed by atoms with Gasteiger partial charge in [-0.25, -0.2) is 4.79 Å². The highest BCUT2D eigenvalue weighted by Gasteiger charge is 2.39. The van der Waals surface area contributed by atoms with E-state index >= 15 is 0 Å². The number of carbonyl (C=O) groups excluding carboxylic acids is 3. The molecule has 1 aromatic rings. The van der Waals surface area contributed by atoms with Crippen LogP contribution in [0.4, 0.5) is 16.2 Å². The van der Waals surface area contributed by atoms with Gasteiger partial charge in [-0.3, -0.25) is 14.9 Å². The molecule has 3 N–H and O–H groups in total. The summed E-state index contributed by atoms with van der Waals surface area (Å²) in [5, 5.41) is 14.8. The van der Waals surface area contributed by atoms with E-state index in [0.717, 1.165) is 0 Å². The summed E-state index contributed by atoms with van der Waals surface area (Å²) in [6.07, 6.45) is -0.626. The van der Waals surface area contributed by atoms with E-state index in [4.69, 9.17) is 16.3 Å². The summed E-state index contributed by atoms with van der Waals surface area (Å²) in [5.74, 6) is -1.22. The topological polar surface area (TPSA) is 108 Å². The third-order valence-electron chi connectivity index (χ3n) is 4.05. The summed E-state index contributed by atoms with van der Waals surface area (Å²) in [6, 6.07) is 3.98. The highest BCUT2D eigenvalue weighted by molar-refractivity contribution is 6.34. The average Bonchev–Trinajstić information content (AvgIpc) is 2.94. The molecule has 1 fully saturated rings. The molecule has 9 heteroatoms. The molecule has 1 heterocycles. The van der Waals surface area contributed by atoms with Crippen LogP contribution in [0.25, 0.3) is 0 Å². The second-order valence-corrected chi connectivity index (χ2v) is 7.76. The van der Waals surface area contributed by atoms with Gasteiger partial charge in [-0.15, -0.1) is 0 Å². The van der Waals surface area contributed by atoms with Crippen LogP contribution in [0.5, 0.6) is 0 Å². The van der Waals surface area contributed by atoms with Gasteiger partial charge in [0.1, 0.15) is 11.6 Å². The molecule has 3 amide bonds. The molecule has 0 radical (unpaired) electrons. The zero-order valence-electron chi connectivity index (χ0n) is 15.7. The van der Waals surface area contributed by atoms with E-state index in [1.54, 1.807) is 39.0 Å². The number of hydrogen-bond donors (Lipinski definition) is 3. The molecule has 2 rings (SSSR count). The second-order valence-electron chi connectivity index (χ2n) is 7.35. The van der Waals surface area contributed by atoms with Crippen LogP contribution in [0, 0.1) is 5.92 Å². The van der Waals surface area contributed by atoms with E-state index in [-0.39, 0.29) is 29.6 Å². The van der Waals surface area contributed by atoms with Gasteiger partial charge in [0.05, 0.1) is 16.4 Å². The van der Waals surface area contributed by atoms with Crippen molar-refractivity contribution < 1.29 is 24.2 Å². The van der Waals surface area contributed by atoms with Crippen molar-refractivity contribution in [3.05, 3.63) is 23.2 Å². The van der Waals surface area contributed by atoms with Gasteiger partial charge in [-0.2, -0.15) is 0 Å². The Morgan fingerprint density at radius 2 is 2.07 bits per heavy atom. The maximum atomic E-state index is 12.9. The van der Waals surface area contributed by atoms with Crippen LogP contribution < -0.4 is 15.5 Å². The highest BCUT2D eigenvalue weighted by Crippen LogP contribution is 2.34. The van der Waals surface area contributed by atoms with Crippen LogP contribution in [0.15, 0.2) is 18.2 Å². The normalized spacial score (nSPS) is 19.4. The van der Waals surface area contributed by atoms with Gasteiger partial charge in [-0.1, -0.05) is 17.7 Å². The largest absolute Gasteiger partial charge is 0.444 e. The molecule has 0 saturated carbocycles. The molecule has 0 aliphatic carbocycles. The van der Waals surface area contributed by atoms with Crippen molar-refractivity contribution in [3.63, 3.8) is 0 Å². The Balaban J connectivity index is 2.27. The molecule has 1 aliphatic heterocycles. The van der Waals surface area contributed by atoms with Gasteiger partial charge in [0.15, 0.2) is 0 Å². The zero-order chi connectivity index (χ0) is 20.4. The Morgan fingerprint density at radius 1 is 1.41 bits per heavy atom. The number of aliphatic hydroxyl groups is 1. The Hall–Kier alpha value is -2.32. The van der Waals surface area contributed by atoms with Crippen molar-refractivity contribution >= 4 is 40.9 Å². The summed E-state index contributed by atoms with van der Waals surface area (Å²) in [4.78, 5) is 37.9. The molecule has 0 unspecified atom stereocenters. The molecule has 2 atom stereocenters. The van der Waals surface area contributed by atoms with Gasteiger partial charge >= 0.3 is 6.09 Å². The number of ether oxygens (including phenoxy) is 1. The number of nitrogens with zero attached hydrogens (tertiary/aromatic N) is 1. The average molecular weight is 398 g/mol. The molecule has 1 aromatic carbocycles. The maximum absolute atomic E-state index is 12.9. The van der Waals surface area contributed by atoms with Crippen LogP contribution >= 0.6 is 11.6 Å². The Kier molecular flexibility index (Phi) is 6.33. The van der Waals surface area contributed by atoms with Crippen molar-refractivity contribution in [2.24, 2.45) is 5.92 Å². The number of likely N-dealkylation sites (N-methyl/N-ethyl adjacent to an activating group) is 1. The van der Waals surface area contributed by atoms with Crippen molar-refractivity contribution in [2.45, 2.75) is 38.8 Å². The van der Waals surface area contributed by atoms with Crippen molar-refractivity contribution in [1.82, 2.24) is 5.32 Å². The van der Waals surface area contributed by atoms with Gasteiger partial charge in [0.25, 0.3) is 0 Å². The molecule has 27 heavy (non-hydrogen) atoms. The Bertz CT molecular complexity index is 747. The van der Waals surface area contributed by atoms with E-state index < -0.39 is 29.6 Å². The summed E-state index contributed by atoms with van der Waals surface area (Å²) < 4.78 is 5.24. The van der Waals surface area contributed by atoms with Crippen LogP contribution in [0.1, 0.15) is 27.2 Å². The number of benzene rings is 1. The van der Waals surface area contributed by atoms with Crippen molar-refractivity contribution in [2.75, 3.05) is 23.9 Å². The summed E-state index contributed by atoms with van der Waals surface area (Å²) in [7, 11) is 1.51. The summed E-state index contributed by atoms with van der Waals surface area (Å²) in [5.41, 5.74) is -0.138. The standard InChI is InChI=1S/C18H24ClN3O5/c1-18(2,3)27-17(26)21-15-11(19)6-5-7-12(15)22(4)16(25)14-10(9-23)8-13(24)20-14/h5-7,10,14,23H,8-9H2,1-4H3,(H,20,24)(H,21,26)/t10-,14+/m1/s1. The van der Waals surface area contributed by atoms with Crippen molar-refractivity contribution in [1.29, 1.82) is 0 Å². The minimum atomic E-state index is -0.846. The predicted octanol–water partition coefficient (Wildman–Crippen LogP) is 2.15. The summed E-state index contributed by atoms with van der Waals surface area (Å²) in [6.45, 7) is 4.90. The van der Waals surface area contributed by atoms with Crippen LogP contribution in [0.2, 0.25) is 5.02 Å². The number of rotatable bonds is 4. The summed E-state index contributed by atoms with van der Waals surface area (Å²) >= 11 is 6.21. The number of para-hydroxylation sites is 1. The number of hydrogen-bond acceptors (Lipinski definition) is 5. The third-order valence-corrected chi connectivity index (χ3v) is 4.36. The minimum Gasteiger partial charge on any atom is -0.444 e. The number of anilines is 2. The van der Waals surface area contributed by atoms with Gasteiger partial charge in [-0.05, 0) is 32.9 Å². The molecule has 1 aliphatic rings. The molecule has 148 valence electrons. The zero-order valence-corrected chi connectivity index (χ0v) is 16.5. The van der Waals surface area contributed by atoms with Crippen LogP contribution in [0.3, 0.4) is 0 Å². The first-order valence-corrected chi connectivity index (χ1v) is 8.87. The molecule has 0 spiro atoms. The van der Waals surface area contributed by atoms with E-state index in [2.05, 4.69) is 10.6 Å². The number of halogens is 1. The number of carbonyl (C=O) groups is 3. The fourth-order valence-corrected chi connectivity index (χ4v) is 3.01. The second kappa shape index (κ2) is 8.14. The lowest BCUT2D eigenvalue weighted by Gasteiger charge is -2.27. The van der Waals surface area contributed by atoms with Gasteiger partial charge < -0.3 is 20.1 Å². The molecule has 0 aromatic heterocycles. The smallest absolute Gasteiger partial charge is 0.412 e. The SMILES string of the molecule is CN(C(=O)[C@H]1NC(=O)C[C@@H]1CO)c1cccc(Cl)c1NC(=O)OC(C)(C)C. The quantitative estimate of drug-likeness (QED) is 0.721. The van der Waals surface area contributed by atoms with Gasteiger partial charge in [0, 0.05) is 26.0 Å². The monoisotopic (exact) mass is 397 g/mol. The van der Waals surface area contributed by atoms with Crippen LogP contribution in [-0.2, 0) is 14.3 Å². The first kappa shape index (κ1) is 21.0. The lowest BCUT2D eigenvalue weighted by Crippen LogP contribution is -2.46. The molecular formula is C18H24ClN3O5. The van der Waals surface area contributed by atoms with E-state index in [0.29, 0.717) is 5.69 Å². The van der Waals surface area contributed by atoms with E-state index in [9.17, 15) is 19.5 Å². The molecule has 8 nitrogen and oxygen atoms in total. The Morgan fingerprint density at radius 3 is 2.67 bits per heavy atom. The Labute approximate surface area is 162 Å². The first-order chi connectivity index (χ1) is 12.5.